The number of benzene rings is 1. The lowest BCUT2D eigenvalue weighted by Crippen LogP contribution is -2.41. The molecule has 3 N–H and O–H groups in total. The maximum atomic E-state index is 12.6. The summed E-state index contributed by atoms with van der Waals surface area (Å²) < 4.78 is 42.9. The van der Waals surface area contributed by atoms with Gasteiger partial charge in [0.2, 0.25) is 5.91 Å². The molecule has 0 spiro atoms. The first-order valence-corrected chi connectivity index (χ1v) is 7.39. The summed E-state index contributed by atoms with van der Waals surface area (Å²) in [7, 11) is 0. The summed E-state index contributed by atoms with van der Waals surface area (Å²) in [5, 5.41) is 2.59. The summed E-state index contributed by atoms with van der Waals surface area (Å²) in [6.45, 7) is 0.872. The monoisotopic (exact) mass is 345 g/mol. The average molecular weight is 345 g/mol. The van der Waals surface area contributed by atoms with Gasteiger partial charge in [0.15, 0.2) is 0 Å². The van der Waals surface area contributed by atoms with Gasteiger partial charge in [0.25, 0.3) is 0 Å². The summed E-state index contributed by atoms with van der Waals surface area (Å²) in [6.07, 6.45) is -3.90. The lowest BCUT2D eigenvalue weighted by atomic mass is 10.1. The van der Waals surface area contributed by atoms with E-state index in [4.69, 9.17) is 10.5 Å². The van der Waals surface area contributed by atoms with Gasteiger partial charge >= 0.3 is 12.2 Å². The number of carbonyl (C=O) groups is 2. The van der Waals surface area contributed by atoms with E-state index < -0.39 is 17.6 Å². The minimum absolute atomic E-state index is 0.0279. The van der Waals surface area contributed by atoms with E-state index in [0.717, 1.165) is 12.1 Å². The predicted octanol–water partition coefficient (Wildman–Crippen LogP) is 1.60. The highest BCUT2D eigenvalue weighted by Crippen LogP contribution is 2.31. The molecule has 9 heteroatoms. The van der Waals surface area contributed by atoms with E-state index in [1.807, 2.05) is 0 Å². The third-order valence-electron chi connectivity index (χ3n) is 3.69. The fourth-order valence-corrected chi connectivity index (χ4v) is 2.38. The Bertz CT molecular complexity index is 607. The van der Waals surface area contributed by atoms with Crippen molar-refractivity contribution in [3.05, 3.63) is 29.8 Å². The van der Waals surface area contributed by atoms with Gasteiger partial charge in [-0.05, 0) is 24.6 Å². The van der Waals surface area contributed by atoms with Crippen LogP contribution in [-0.2, 0) is 11.0 Å². The van der Waals surface area contributed by atoms with Crippen LogP contribution in [0.2, 0.25) is 0 Å². The van der Waals surface area contributed by atoms with Crippen LogP contribution < -0.4 is 15.8 Å². The molecule has 2 rings (SSSR count). The molecule has 1 aromatic rings. The summed E-state index contributed by atoms with van der Waals surface area (Å²) in [4.78, 5) is 24.4. The molecule has 3 amide bonds. The second-order valence-corrected chi connectivity index (χ2v) is 5.44. The maximum absolute atomic E-state index is 12.6. The van der Waals surface area contributed by atoms with Gasteiger partial charge in [0.05, 0.1) is 18.0 Å². The van der Waals surface area contributed by atoms with E-state index >= 15 is 0 Å². The number of primary amides is 1. The number of halogens is 3. The number of amides is 3. The molecule has 132 valence electrons. The summed E-state index contributed by atoms with van der Waals surface area (Å²) in [5.74, 6) is -0.690. The zero-order valence-electron chi connectivity index (χ0n) is 12.8. The van der Waals surface area contributed by atoms with Crippen molar-refractivity contribution in [1.82, 2.24) is 10.2 Å². The molecule has 0 aromatic heterocycles. The van der Waals surface area contributed by atoms with Gasteiger partial charge in [-0.25, -0.2) is 4.79 Å². The van der Waals surface area contributed by atoms with Crippen LogP contribution in [0, 0.1) is 5.92 Å². The number of carbonyl (C=O) groups excluding carboxylic acids is 2. The van der Waals surface area contributed by atoms with Crippen LogP contribution in [-0.4, -0.2) is 43.1 Å². The lowest BCUT2D eigenvalue weighted by molar-refractivity contribution is -0.137. The van der Waals surface area contributed by atoms with Crippen LogP contribution in [0.15, 0.2) is 24.3 Å². The van der Waals surface area contributed by atoms with Crippen LogP contribution in [0.25, 0.3) is 0 Å². The van der Waals surface area contributed by atoms with Crippen LogP contribution >= 0.6 is 0 Å². The van der Waals surface area contributed by atoms with Gasteiger partial charge in [-0.1, -0.05) is 6.07 Å². The number of nitrogens with one attached hydrogen (secondary N) is 1. The third kappa shape index (κ3) is 4.77. The Morgan fingerprint density at radius 1 is 1.38 bits per heavy atom. The van der Waals surface area contributed by atoms with Crippen molar-refractivity contribution < 1.29 is 27.5 Å². The fourth-order valence-electron chi connectivity index (χ4n) is 2.38. The Kier molecular flexibility index (Phi) is 5.53. The third-order valence-corrected chi connectivity index (χ3v) is 3.69. The molecular formula is C15H18F3N3O3. The van der Waals surface area contributed by atoms with E-state index in [1.165, 1.54) is 17.0 Å². The van der Waals surface area contributed by atoms with Crippen molar-refractivity contribution in [2.24, 2.45) is 11.7 Å². The molecule has 0 radical (unpaired) electrons. The van der Waals surface area contributed by atoms with Crippen molar-refractivity contribution in [3.63, 3.8) is 0 Å². The SMILES string of the molecule is NC(=O)[C@H]1CCN(C(=O)NCCOc2cccc(C(F)(F)F)c2)C1. The van der Waals surface area contributed by atoms with Crippen molar-refractivity contribution in [1.29, 1.82) is 0 Å². The molecule has 6 nitrogen and oxygen atoms in total. The number of hydrogen-bond donors (Lipinski definition) is 2. The van der Waals surface area contributed by atoms with Crippen molar-refractivity contribution in [3.8, 4) is 5.75 Å². The van der Waals surface area contributed by atoms with Crippen molar-refractivity contribution in [2.45, 2.75) is 12.6 Å². The number of urea groups is 1. The highest BCUT2D eigenvalue weighted by Gasteiger charge is 2.31. The number of nitrogens with zero attached hydrogens (tertiary/aromatic N) is 1. The molecule has 1 aromatic carbocycles. The number of nitrogens with two attached hydrogens (primary N) is 1. The average Bonchev–Trinajstić information content (AvgIpc) is 3.01. The molecule has 1 atom stereocenters. The molecule has 1 fully saturated rings. The van der Waals surface area contributed by atoms with Gasteiger partial charge in [-0.15, -0.1) is 0 Å². The number of hydrogen-bond acceptors (Lipinski definition) is 3. The summed E-state index contributed by atoms with van der Waals surface area (Å²) >= 11 is 0. The predicted molar refractivity (Wildman–Crippen MR) is 79.2 cm³/mol. The Balaban J connectivity index is 1.73. The second-order valence-electron chi connectivity index (χ2n) is 5.44. The summed E-state index contributed by atoms with van der Waals surface area (Å²) in [6, 6.07) is 4.17. The van der Waals surface area contributed by atoms with E-state index in [9.17, 15) is 22.8 Å². The van der Waals surface area contributed by atoms with Crippen molar-refractivity contribution in [2.75, 3.05) is 26.2 Å². The number of alkyl halides is 3. The Morgan fingerprint density at radius 2 is 2.12 bits per heavy atom. The van der Waals surface area contributed by atoms with Crippen LogP contribution in [0.3, 0.4) is 0 Å². The van der Waals surface area contributed by atoms with Gasteiger partial charge in [-0.2, -0.15) is 13.2 Å². The number of rotatable bonds is 5. The zero-order valence-corrected chi connectivity index (χ0v) is 12.8. The van der Waals surface area contributed by atoms with E-state index in [0.29, 0.717) is 13.0 Å². The van der Waals surface area contributed by atoms with E-state index in [-0.39, 0.29) is 37.4 Å². The molecule has 0 bridgehead atoms. The minimum atomic E-state index is -4.43. The molecule has 24 heavy (non-hydrogen) atoms. The molecule has 1 heterocycles. The van der Waals surface area contributed by atoms with Gasteiger partial charge in [0.1, 0.15) is 12.4 Å². The highest BCUT2D eigenvalue weighted by atomic mass is 19.4. The Hall–Kier alpha value is -2.45. The Labute approximate surface area is 136 Å². The smallest absolute Gasteiger partial charge is 0.416 e. The first kappa shape index (κ1) is 17.9. The molecule has 0 saturated carbocycles. The highest BCUT2D eigenvalue weighted by molar-refractivity contribution is 5.80. The van der Waals surface area contributed by atoms with Gasteiger partial charge < -0.3 is 20.7 Å². The number of ether oxygens (including phenoxy) is 1. The fraction of sp³-hybridized carbons (Fsp3) is 0.467. The van der Waals surface area contributed by atoms with Crippen molar-refractivity contribution >= 4 is 11.9 Å². The molecule has 1 saturated heterocycles. The minimum Gasteiger partial charge on any atom is -0.492 e. The normalized spacial score (nSPS) is 17.6. The zero-order chi connectivity index (χ0) is 17.7. The maximum Gasteiger partial charge on any atom is 0.416 e. The van der Waals surface area contributed by atoms with Crippen LogP contribution in [0.4, 0.5) is 18.0 Å². The lowest BCUT2D eigenvalue weighted by Gasteiger charge is -2.17. The first-order chi connectivity index (χ1) is 11.3. The molecular weight excluding hydrogens is 327 g/mol. The molecule has 0 aliphatic carbocycles. The van der Waals surface area contributed by atoms with Crippen LogP contribution in [0.5, 0.6) is 5.75 Å². The van der Waals surface area contributed by atoms with E-state index in [1.54, 1.807) is 0 Å². The summed E-state index contributed by atoms with van der Waals surface area (Å²) in [5.41, 5.74) is 4.40. The first-order valence-electron chi connectivity index (χ1n) is 7.39. The quantitative estimate of drug-likeness (QED) is 0.795. The topological polar surface area (TPSA) is 84.7 Å². The molecule has 1 aliphatic heterocycles. The van der Waals surface area contributed by atoms with E-state index in [2.05, 4.69) is 5.32 Å². The standard InChI is InChI=1S/C15H18F3N3O3/c16-15(17,18)11-2-1-3-12(8-11)24-7-5-20-14(23)21-6-4-10(9-21)13(19)22/h1-3,8,10H,4-7,9H2,(H2,19,22)(H,20,23)/t10-/m0/s1. The second kappa shape index (κ2) is 7.41. The largest absolute Gasteiger partial charge is 0.492 e. The number of likely N-dealkylation sites (tertiary alicyclic amines) is 1. The van der Waals surface area contributed by atoms with Gasteiger partial charge in [-0.3, -0.25) is 4.79 Å². The Morgan fingerprint density at radius 3 is 2.75 bits per heavy atom. The van der Waals surface area contributed by atoms with Crippen LogP contribution in [0.1, 0.15) is 12.0 Å². The molecule has 1 aliphatic rings. The van der Waals surface area contributed by atoms with Gasteiger partial charge in [0, 0.05) is 13.1 Å². The molecule has 0 unspecified atom stereocenters.